The number of hydrogen-bond acceptors (Lipinski definition) is 2. The number of likely N-dealkylation sites (tertiary alicyclic amines) is 1. The highest BCUT2D eigenvalue weighted by Crippen LogP contribution is 2.20. The van der Waals surface area contributed by atoms with Gasteiger partial charge < -0.3 is 10.0 Å². The van der Waals surface area contributed by atoms with Gasteiger partial charge in [-0.2, -0.15) is 0 Å². The van der Waals surface area contributed by atoms with E-state index in [9.17, 15) is 5.11 Å². The molecule has 72 valence electrons. The van der Waals surface area contributed by atoms with Gasteiger partial charge in [0.25, 0.3) is 0 Å². The van der Waals surface area contributed by atoms with Crippen LogP contribution in [0.3, 0.4) is 0 Å². The Labute approximate surface area is 79.5 Å². The molecule has 0 amide bonds. The summed E-state index contributed by atoms with van der Waals surface area (Å²) in [6, 6.07) is 0. The molecule has 1 fully saturated rings. The smallest absolute Gasteiger partial charge is 0.0758 e. The summed E-state index contributed by atoms with van der Waals surface area (Å²) in [6.45, 7) is 4.86. The van der Waals surface area contributed by atoms with Crippen LogP contribution >= 0.6 is 11.6 Å². The van der Waals surface area contributed by atoms with Crippen LogP contribution in [0.4, 0.5) is 0 Å². The van der Waals surface area contributed by atoms with Crippen LogP contribution in [0, 0.1) is 0 Å². The predicted molar refractivity (Wildman–Crippen MR) is 51.6 cm³/mol. The molecule has 1 unspecified atom stereocenters. The summed E-state index contributed by atoms with van der Waals surface area (Å²) in [4.78, 5) is 2.31. The SMILES string of the molecule is CC1(O)CCN(CCCCCl)C1. The predicted octanol–water partition coefficient (Wildman–Crippen LogP) is 1.46. The lowest BCUT2D eigenvalue weighted by Crippen LogP contribution is -2.30. The maximum absolute atomic E-state index is 9.65. The molecule has 1 saturated heterocycles. The number of aliphatic hydroxyl groups is 1. The summed E-state index contributed by atoms with van der Waals surface area (Å²) in [6.07, 6.45) is 3.15. The van der Waals surface area contributed by atoms with E-state index in [2.05, 4.69) is 4.90 Å². The zero-order valence-electron chi connectivity index (χ0n) is 7.72. The third-order valence-corrected chi connectivity index (χ3v) is 2.66. The Bertz CT molecular complexity index is 138. The van der Waals surface area contributed by atoms with Crippen LogP contribution in [0.15, 0.2) is 0 Å². The molecule has 1 atom stereocenters. The highest BCUT2D eigenvalue weighted by molar-refractivity contribution is 6.17. The topological polar surface area (TPSA) is 23.5 Å². The summed E-state index contributed by atoms with van der Waals surface area (Å²) in [5, 5.41) is 9.65. The normalized spacial score (nSPS) is 31.2. The molecule has 0 bridgehead atoms. The van der Waals surface area contributed by atoms with Gasteiger partial charge >= 0.3 is 0 Å². The maximum atomic E-state index is 9.65. The molecule has 0 aromatic carbocycles. The van der Waals surface area contributed by atoms with Crippen molar-refractivity contribution in [2.75, 3.05) is 25.5 Å². The van der Waals surface area contributed by atoms with E-state index in [0.29, 0.717) is 0 Å². The fourth-order valence-electron chi connectivity index (χ4n) is 1.66. The molecular formula is C9H18ClNO. The lowest BCUT2D eigenvalue weighted by atomic mass is 10.1. The van der Waals surface area contributed by atoms with Crippen molar-refractivity contribution in [2.24, 2.45) is 0 Å². The van der Waals surface area contributed by atoms with Crippen molar-refractivity contribution in [3.63, 3.8) is 0 Å². The second kappa shape index (κ2) is 4.45. The average molecular weight is 192 g/mol. The van der Waals surface area contributed by atoms with Gasteiger partial charge in [-0.15, -0.1) is 11.6 Å². The van der Waals surface area contributed by atoms with E-state index >= 15 is 0 Å². The Morgan fingerprint density at radius 2 is 2.25 bits per heavy atom. The van der Waals surface area contributed by atoms with Crippen molar-refractivity contribution in [3.8, 4) is 0 Å². The van der Waals surface area contributed by atoms with Crippen LogP contribution in [-0.2, 0) is 0 Å². The molecule has 0 radical (unpaired) electrons. The third kappa shape index (κ3) is 3.30. The van der Waals surface area contributed by atoms with Crippen LogP contribution in [-0.4, -0.2) is 41.1 Å². The van der Waals surface area contributed by atoms with E-state index in [1.807, 2.05) is 6.92 Å². The molecule has 1 N–H and O–H groups in total. The van der Waals surface area contributed by atoms with Crippen molar-refractivity contribution in [3.05, 3.63) is 0 Å². The van der Waals surface area contributed by atoms with Crippen LogP contribution in [0.5, 0.6) is 0 Å². The zero-order valence-corrected chi connectivity index (χ0v) is 8.48. The zero-order chi connectivity index (χ0) is 9.03. The van der Waals surface area contributed by atoms with Crippen molar-refractivity contribution in [2.45, 2.75) is 31.8 Å². The van der Waals surface area contributed by atoms with Gasteiger partial charge in [0.05, 0.1) is 5.60 Å². The van der Waals surface area contributed by atoms with E-state index < -0.39 is 5.60 Å². The lowest BCUT2D eigenvalue weighted by molar-refractivity contribution is 0.0687. The fraction of sp³-hybridized carbons (Fsp3) is 1.00. The monoisotopic (exact) mass is 191 g/mol. The Balaban J connectivity index is 2.11. The molecule has 1 rings (SSSR count). The Morgan fingerprint density at radius 1 is 1.50 bits per heavy atom. The summed E-state index contributed by atoms with van der Waals surface area (Å²) < 4.78 is 0. The minimum atomic E-state index is -0.443. The van der Waals surface area contributed by atoms with Crippen LogP contribution in [0.1, 0.15) is 26.2 Å². The molecule has 0 aliphatic carbocycles. The highest BCUT2D eigenvalue weighted by Gasteiger charge is 2.30. The minimum Gasteiger partial charge on any atom is -0.389 e. The first-order valence-corrected chi connectivity index (χ1v) is 5.18. The Morgan fingerprint density at radius 3 is 2.75 bits per heavy atom. The van der Waals surface area contributed by atoms with Gasteiger partial charge in [-0.25, -0.2) is 0 Å². The van der Waals surface area contributed by atoms with Gasteiger partial charge in [0, 0.05) is 19.0 Å². The molecule has 0 spiro atoms. The van der Waals surface area contributed by atoms with E-state index in [1.54, 1.807) is 0 Å². The third-order valence-electron chi connectivity index (χ3n) is 2.39. The molecule has 0 aromatic heterocycles. The van der Waals surface area contributed by atoms with Crippen LogP contribution < -0.4 is 0 Å². The van der Waals surface area contributed by atoms with E-state index in [4.69, 9.17) is 11.6 Å². The molecular weight excluding hydrogens is 174 g/mol. The van der Waals surface area contributed by atoms with E-state index in [1.165, 1.54) is 0 Å². The van der Waals surface area contributed by atoms with Crippen LogP contribution in [0.25, 0.3) is 0 Å². The first-order valence-electron chi connectivity index (χ1n) is 4.65. The Hall–Kier alpha value is 0.210. The summed E-state index contributed by atoms with van der Waals surface area (Å²) in [5.41, 5.74) is -0.443. The molecule has 2 nitrogen and oxygen atoms in total. The molecule has 1 heterocycles. The van der Waals surface area contributed by atoms with E-state index in [0.717, 1.165) is 44.8 Å². The summed E-state index contributed by atoms with van der Waals surface area (Å²) in [7, 11) is 0. The number of rotatable bonds is 4. The van der Waals surface area contributed by atoms with Crippen LogP contribution in [0.2, 0.25) is 0 Å². The number of unbranched alkanes of at least 4 members (excludes halogenated alkanes) is 1. The van der Waals surface area contributed by atoms with Crippen molar-refractivity contribution >= 4 is 11.6 Å². The molecule has 1 aliphatic rings. The molecule has 12 heavy (non-hydrogen) atoms. The largest absolute Gasteiger partial charge is 0.389 e. The molecule has 1 aliphatic heterocycles. The standard InChI is InChI=1S/C9H18ClNO/c1-9(12)4-7-11(8-9)6-3-2-5-10/h12H,2-8H2,1H3. The first-order chi connectivity index (χ1) is 5.64. The van der Waals surface area contributed by atoms with Crippen molar-refractivity contribution in [1.29, 1.82) is 0 Å². The van der Waals surface area contributed by atoms with Gasteiger partial charge in [-0.1, -0.05) is 0 Å². The van der Waals surface area contributed by atoms with Gasteiger partial charge in [-0.05, 0) is 32.7 Å². The number of halogens is 1. The van der Waals surface area contributed by atoms with Gasteiger partial charge in [-0.3, -0.25) is 0 Å². The van der Waals surface area contributed by atoms with Gasteiger partial charge in [0.2, 0.25) is 0 Å². The van der Waals surface area contributed by atoms with Crippen molar-refractivity contribution in [1.82, 2.24) is 4.90 Å². The average Bonchev–Trinajstić information content (AvgIpc) is 2.31. The number of β-amino-alcohol motifs (C(OH)–C–C–N with tert-alkyl or cyclic N) is 1. The first kappa shape index (κ1) is 10.3. The fourth-order valence-corrected chi connectivity index (χ4v) is 1.85. The second-order valence-electron chi connectivity index (χ2n) is 3.92. The molecule has 0 saturated carbocycles. The number of hydrogen-bond donors (Lipinski definition) is 1. The highest BCUT2D eigenvalue weighted by atomic mass is 35.5. The number of nitrogens with zero attached hydrogens (tertiary/aromatic N) is 1. The second-order valence-corrected chi connectivity index (χ2v) is 4.30. The molecule has 0 aromatic rings. The Kier molecular flexibility index (Phi) is 3.81. The van der Waals surface area contributed by atoms with Crippen molar-refractivity contribution < 1.29 is 5.11 Å². The van der Waals surface area contributed by atoms with Gasteiger partial charge in [0.1, 0.15) is 0 Å². The maximum Gasteiger partial charge on any atom is 0.0758 e. The number of alkyl halides is 1. The van der Waals surface area contributed by atoms with Gasteiger partial charge in [0.15, 0.2) is 0 Å². The lowest BCUT2D eigenvalue weighted by Gasteiger charge is -2.18. The summed E-state index contributed by atoms with van der Waals surface area (Å²) in [5.74, 6) is 0.754. The molecule has 3 heteroatoms. The minimum absolute atomic E-state index is 0.443. The van der Waals surface area contributed by atoms with E-state index in [-0.39, 0.29) is 0 Å². The summed E-state index contributed by atoms with van der Waals surface area (Å²) >= 11 is 5.58. The quantitative estimate of drug-likeness (QED) is 0.538.